The maximum absolute atomic E-state index is 9.81. The Morgan fingerprint density at radius 2 is 2.11 bits per heavy atom. The predicted octanol–water partition coefficient (Wildman–Crippen LogP) is 2.39. The summed E-state index contributed by atoms with van der Waals surface area (Å²) in [6.45, 7) is 8.29. The van der Waals surface area contributed by atoms with Crippen molar-refractivity contribution in [1.29, 1.82) is 0 Å². The van der Waals surface area contributed by atoms with Crippen molar-refractivity contribution in [1.82, 2.24) is 10.2 Å². The van der Waals surface area contributed by atoms with Gasteiger partial charge in [-0.3, -0.25) is 0 Å². The average Bonchev–Trinajstić information content (AvgIpc) is 2.48. The summed E-state index contributed by atoms with van der Waals surface area (Å²) in [6.07, 6.45) is 8.95. The van der Waals surface area contributed by atoms with Crippen LogP contribution < -0.4 is 5.32 Å². The molecule has 19 heavy (non-hydrogen) atoms. The van der Waals surface area contributed by atoms with Gasteiger partial charge in [-0.2, -0.15) is 0 Å². The molecule has 2 aliphatic rings. The van der Waals surface area contributed by atoms with Crippen LogP contribution >= 0.6 is 0 Å². The third-order valence-corrected chi connectivity index (χ3v) is 5.32. The van der Waals surface area contributed by atoms with Crippen molar-refractivity contribution in [2.45, 2.75) is 70.4 Å². The molecule has 0 bridgehead atoms. The maximum Gasteiger partial charge on any atom is 0.0613 e. The first-order chi connectivity index (χ1) is 9.23. The van der Waals surface area contributed by atoms with Crippen LogP contribution in [0.1, 0.15) is 58.8 Å². The summed E-state index contributed by atoms with van der Waals surface area (Å²) >= 11 is 0. The van der Waals surface area contributed by atoms with Gasteiger partial charge in [-0.05, 0) is 57.5 Å². The summed E-state index contributed by atoms with van der Waals surface area (Å²) in [5.41, 5.74) is -0.00315. The molecule has 2 N–H and O–H groups in total. The molecule has 3 heteroatoms. The van der Waals surface area contributed by atoms with E-state index >= 15 is 0 Å². The first-order valence-electron chi connectivity index (χ1n) is 8.33. The molecule has 1 heterocycles. The molecule has 1 saturated heterocycles. The number of likely N-dealkylation sites (tertiary alicyclic amines) is 1. The largest absolute Gasteiger partial charge is 0.394 e. The molecule has 112 valence electrons. The second-order valence-corrected chi connectivity index (χ2v) is 6.63. The van der Waals surface area contributed by atoms with Crippen LogP contribution in [-0.2, 0) is 0 Å². The summed E-state index contributed by atoms with van der Waals surface area (Å²) in [5, 5.41) is 13.4. The summed E-state index contributed by atoms with van der Waals surface area (Å²) in [4.78, 5) is 2.72. The van der Waals surface area contributed by atoms with Crippen LogP contribution in [0.4, 0.5) is 0 Å². The highest BCUT2D eigenvalue weighted by molar-refractivity contribution is 4.97. The minimum atomic E-state index is -0.00315. The molecule has 0 radical (unpaired) electrons. The van der Waals surface area contributed by atoms with Crippen LogP contribution in [0.3, 0.4) is 0 Å². The molecular formula is C16H32N2O. The minimum absolute atomic E-state index is 0.00315. The fourth-order valence-electron chi connectivity index (χ4n) is 4.14. The zero-order valence-corrected chi connectivity index (χ0v) is 12.8. The Labute approximate surface area is 118 Å². The second-order valence-electron chi connectivity index (χ2n) is 6.63. The summed E-state index contributed by atoms with van der Waals surface area (Å²) in [5.74, 6) is 0.901. The molecule has 0 aromatic rings. The standard InChI is InChI=1S/C16H32N2O/c1-3-14-7-6-10-18(12-14)15-8-5-9-16(11-15,13-19)17-4-2/h14-15,17,19H,3-13H2,1-2H3. The monoisotopic (exact) mass is 268 g/mol. The average molecular weight is 268 g/mol. The number of aliphatic hydroxyl groups excluding tert-OH is 1. The first kappa shape index (κ1) is 15.3. The highest BCUT2D eigenvalue weighted by atomic mass is 16.3. The smallest absolute Gasteiger partial charge is 0.0613 e. The molecular weight excluding hydrogens is 236 g/mol. The van der Waals surface area contributed by atoms with Crippen LogP contribution in [-0.4, -0.2) is 47.8 Å². The van der Waals surface area contributed by atoms with Crippen molar-refractivity contribution in [3.05, 3.63) is 0 Å². The molecule has 0 spiro atoms. The van der Waals surface area contributed by atoms with Gasteiger partial charge in [0.2, 0.25) is 0 Å². The number of hydrogen-bond donors (Lipinski definition) is 2. The zero-order chi connectivity index (χ0) is 13.7. The summed E-state index contributed by atoms with van der Waals surface area (Å²) < 4.78 is 0. The van der Waals surface area contributed by atoms with E-state index in [2.05, 4.69) is 24.1 Å². The van der Waals surface area contributed by atoms with Gasteiger partial charge in [0.15, 0.2) is 0 Å². The van der Waals surface area contributed by atoms with E-state index in [1.165, 1.54) is 45.2 Å². The van der Waals surface area contributed by atoms with Gasteiger partial charge >= 0.3 is 0 Å². The number of nitrogens with one attached hydrogen (secondary N) is 1. The van der Waals surface area contributed by atoms with Gasteiger partial charge < -0.3 is 15.3 Å². The normalized spacial score (nSPS) is 37.4. The quantitative estimate of drug-likeness (QED) is 0.803. The number of hydrogen-bond acceptors (Lipinski definition) is 3. The Morgan fingerprint density at radius 3 is 2.79 bits per heavy atom. The number of aliphatic hydroxyl groups is 1. The third kappa shape index (κ3) is 3.71. The van der Waals surface area contributed by atoms with Gasteiger partial charge in [0, 0.05) is 18.1 Å². The lowest BCUT2D eigenvalue weighted by Crippen LogP contribution is -2.56. The molecule has 2 fully saturated rings. The summed E-state index contributed by atoms with van der Waals surface area (Å²) in [7, 11) is 0. The number of nitrogens with zero attached hydrogens (tertiary/aromatic N) is 1. The van der Waals surface area contributed by atoms with Crippen molar-refractivity contribution in [2.24, 2.45) is 5.92 Å². The van der Waals surface area contributed by atoms with Crippen molar-refractivity contribution < 1.29 is 5.11 Å². The molecule has 0 amide bonds. The van der Waals surface area contributed by atoms with Crippen LogP contribution in [0.2, 0.25) is 0 Å². The highest BCUT2D eigenvalue weighted by Gasteiger charge is 2.38. The fourth-order valence-corrected chi connectivity index (χ4v) is 4.14. The second kappa shape index (κ2) is 7.05. The molecule has 1 aliphatic heterocycles. The molecule has 0 aromatic carbocycles. The molecule has 3 unspecified atom stereocenters. The molecule has 1 aliphatic carbocycles. The van der Waals surface area contributed by atoms with Gasteiger partial charge in [0.1, 0.15) is 0 Å². The first-order valence-corrected chi connectivity index (χ1v) is 8.33. The van der Waals surface area contributed by atoms with E-state index in [9.17, 15) is 5.11 Å². The topological polar surface area (TPSA) is 35.5 Å². The summed E-state index contributed by atoms with van der Waals surface area (Å²) in [6, 6.07) is 0.689. The highest BCUT2D eigenvalue weighted by Crippen LogP contribution is 2.33. The van der Waals surface area contributed by atoms with Crippen molar-refractivity contribution >= 4 is 0 Å². The number of piperidine rings is 1. The number of rotatable bonds is 5. The van der Waals surface area contributed by atoms with Crippen LogP contribution in [0.15, 0.2) is 0 Å². The molecule has 2 rings (SSSR count). The Bertz CT molecular complexity index is 267. The van der Waals surface area contributed by atoms with Crippen LogP contribution in [0.25, 0.3) is 0 Å². The molecule has 3 nitrogen and oxygen atoms in total. The van der Waals surface area contributed by atoms with E-state index in [0.717, 1.165) is 25.3 Å². The van der Waals surface area contributed by atoms with Gasteiger partial charge in [0.25, 0.3) is 0 Å². The van der Waals surface area contributed by atoms with Crippen molar-refractivity contribution in [3.63, 3.8) is 0 Å². The van der Waals surface area contributed by atoms with E-state index < -0.39 is 0 Å². The van der Waals surface area contributed by atoms with Gasteiger partial charge in [-0.1, -0.05) is 20.3 Å². The van der Waals surface area contributed by atoms with Crippen LogP contribution in [0, 0.1) is 5.92 Å². The molecule has 1 saturated carbocycles. The Hall–Kier alpha value is -0.120. The number of likely N-dealkylation sites (N-methyl/N-ethyl adjacent to an activating group) is 1. The SMILES string of the molecule is CCNC1(CO)CCCC(N2CCCC(CC)C2)C1. The van der Waals surface area contributed by atoms with Gasteiger partial charge in [-0.15, -0.1) is 0 Å². The van der Waals surface area contributed by atoms with E-state index in [-0.39, 0.29) is 5.54 Å². The Balaban J connectivity index is 1.96. The van der Waals surface area contributed by atoms with Gasteiger partial charge in [-0.25, -0.2) is 0 Å². The third-order valence-electron chi connectivity index (χ3n) is 5.32. The van der Waals surface area contributed by atoms with Crippen molar-refractivity contribution in [3.8, 4) is 0 Å². The lowest BCUT2D eigenvalue weighted by atomic mass is 9.78. The lowest BCUT2D eigenvalue weighted by molar-refractivity contribution is 0.0388. The van der Waals surface area contributed by atoms with Crippen LogP contribution in [0.5, 0.6) is 0 Å². The maximum atomic E-state index is 9.81. The van der Waals surface area contributed by atoms with E-state index in [4.69, 9.17) is 0 Å². The Kier molecular flexibility index (Phi) is 5.67. The van der Waals surface area contributed by atoms with Gasteiger partial charge in [0.05, 0.1) is 6.61 Å². The molecule has 3 atom stereocenters. The van der Waals surface area contributed by atoms with E-state index in [1.807, 2.05) is 0 Å². The zero-order valence-electron chi connectivity index (χ0n) is 12.8. The van der Waals surface area contributed by atoms with E-state index in [1.54, 1.807) is 0 Å². The molecule has 0 aromatic heterocycles. The lowest BCUT2D eigenvalue weighted by Gasteiger charge is -2.46. The minimum Gasteiger partial charge on any atom is -0.394 e. The Morgan fingerprint density at radius 1 is 1.26 bits per heavy atom. The fraction of sp³-hybridized carbons (Fsp3) is 1.00. The predicted molar refractivity (Wildman–Crippen MR) is 80.3 cm³/mol. The van der Waals surface area contributed by atoms with E-state index in [0.29, 0.717) is 12.6 Å². The van der Waals surface area contributed by atoms with Crippen molar-refractivity contribution in [2.75, 3.05) is 26.2 Å².